The quantitative estimate of drug-likeness (QED) is 0.351. The minimum Gasteiger partial charge on any atom is -0.497 e. The Bertz CT molecular complexity index is 1340. The van der Waals surface area contributed by atoms with Gasteiger partial charge in [0.1, 0.15) is 10.8 Å². The van der Waals surface area contributed by atoms with E-state index in [2.05, 4.69) is 11.1 Å². The molecule has 7 heteroatoms. The van der Waals surface area contributed by atoms with Crippen molar-refractivity contribution in [1.29, 1.82) is 5.26 Å². The fraction of sp³-hybridized carbons (Fsp3) is 0.160. The molecule has 0 bridgehead atoms. The largest absolute Gasteiger partial charge is 0.497 e. The number of carbonyl (C=O) groups excluding carboxylic acids is 1. The maximum atomic E-state index is 13.2. The molecule has 0 spiro atoms. The molecule has 0 saturated carbocycles. The maximum Gasteiger partial charge on any atom is 0.186 e. The lowest BCUT2D eigenvalue weighted by molar-refractivity contribution is 0.0979. The SMILES string of the molecule is COc1ccc2ccc(C(=O)C(C#N)c3nc(-c4ccc(OC)c(OC)c4)cs3)cc2c1. The van der Waals surface area contributed by atoms with Gasteiger partial charge < -0.3 is 14.2 Å². The van der Waals surface area contributed by atoms with Crippen LogP contribution in [0.15, 0.2) is 60.0 Å². The van der Waals surface area contributed by atoms with Gasteiger partial charge in [-0.2, -0.15) is 5.26 Å². The monoisotopic (exact) mass is 444 g/mol. The van der Waals surface area contributed by atoms with Gasteiger partial charge in [0.25, 0.3) is 0 Å². The Morgan fingerprint density at radius 3 is 2.44 bits per heavy atom. The highest BCUT2D eigenvalue weighted by Crippen LogP contribution is 2.34. The van der Waals surface area contributed by atoms with Crippen LogP contribution in [-0.4, -0.2) is 32.1 Å². The molecule has 0 amide bonds. The van der Waals surface area contributed by atoms with Gasteiger partial charge >= 0.3 is 0 Å². The highest BCUT2D eigenvalue weighted by molar-refractivity contribution is 7.10. The number of aromatic nitrogens is 1. The van der Waals surface area contributed by atoms with Crippen LogP contribution >= 0.6 is 11.3 Å². The van der Waals surface area contributed by atoms with Crippen molar-refractivity contribution in [3.8, 4) is 34.6 Å². The molecular formula is C25H20N2O4S. The molecule has 0 aliphatic rings. The van der Waals surface area contributed by atoms with Gasteiger partial charge in [0, 0.05) is 16.5 Å². The number of ketones is 1. The van der Waals surface area contributed by atoms with E-state index in [0.717, 1.165) is 16.3 Å². The predicted molar refractivity (Wildman–Crippen MR) is 124 cm³/mol. The van der Waals surface area contributed by atoms with Crippen molar-refractivity contribution in [2.24, 2.45) is 0 Å². The van der Waals surface area contributed by atoms with Gasteiger partial charge in [0.2, 0.25) is 0 Å². The first-order chi connectivity index (χ1) is 15.6. The second-order valence-electron chi connectivity index (χ2n) is 6.99. The molecule has 0 N–H and O–H groups in total. The molecule has 0 radical (unpaired) electrons. The minimum atomic E-state index is -0.989. The number of benzene rings is 3. The maximum absolute atomic E-state index is 13.2. The molecule has 3 aromatic carbocycles. The van der Waals surface area contributed by atoms with Gasteiger partial charge in [-0.25, -0.2) is 4.98 Å². The molecule has 1 atom stereocenters. The number of nitrogens with zero attached hydrogens (tertiary/aromatic N) is 2. The number of thiazole rings is 1. The molecule has 0 aliphatic carbocycles. The number of fused-ring (bicyclic) bond motifs is 1. The highest BCUT2D eigenvalue weighted by atomic mass is 32.1. The van der Waals surface area contributed by atoms with E-state index in [0.29, 0.717) is 33.5 Å². The molecule has 1 heterocycles. The first kappa shape index (κ1) is 21.3. The summed E-state index contributed by atoms with van der Waals surface area (Å²) in [6.45, 7) is 0. The van der Waals surface area contributed by atoms with E-state index < -0.39 is 5.92 Å². The summed E-state index contributed by atoms with van der Waals surface area (Å²) in [4.78, 5) is 17.8. The van der Waals surface area contributed by atoms with Crippen LogP contribution in [0.25, 0.3) is 22.0 Å². The molecule has 4 rings (SSSR count). The Balaban J connectivity index is 1.65. The zero-order chi connectivity index (χ0) is 22.7. The van der Waals surface area contributed by atoms with E-state index in [1.165, 1.54) is 11.3 Å². The molecule has 160 valence electrons. The third kappa shape index (κ3) is 4.01. The van der Waals surface area contributed by atoms with Crippen LogP contribution in [0.2, 0.25) is 0 Å². The van der Waals surface area contributed by atoms with Gasteiger partial charge in [-0.15, -0.1) is 11.3 Å². The number of hydrogen-bond acceptors (Lipinski definition) is 7. The minimum absolute atomic E-state index is 0.287. The molecular weight excluding hydrogens is 424 g/mol. The van der Waals surface area contributed by atoms with Crippen LogP contribution in [0.3, 0.4) is 0 Å². The normalized spacial score (nSPS) is 11.6. The third-order valence-electron chi connectivity index (χ3n) is 5.17. The Labute approximate surface area is 189 Å². The lowest BCUT2D eigenvalue weighted by Gasteiger charge is -2.09. The Morgan fingerprint density at radius 1 is 0.938 bits per heavy atom. The second-order valence-corrected chi connectivity index (χ2v) is 7.88. The summed E-state index contributed by atoms with van der Waals surface area (Å²) in [5, 5.41) is 13.9. The zero-order valence-corrected chi connectivity index (χ0v) is 18.6. The molecule has 1 unspecified atom stereocenters. The summed E-state index contributed by atoms with van der Waals surface area (Å²) in [5.41, 5.74) is 1.94. The van der Waals surface area contributed by atoms with Gasteiger partial charge in [0.15, 0.2) is 23.2 Å². The average Bonchev–Trinajstić information content (AvgIpc) is 3.33. The summed E-state index contributed by atoms with van der Waals surface area (Å²) < 4.78 is 15.9. The molecule has 32 heavy (non-hydrogen) atoms. The fourth-order valence-electron chi connectivity index (χ4n) is 3.45. The summed E-state index contributed by atoms with van der Waals surface area (Å²) in [6, 6.07) is 18.7. The van der Waals surface area contributed by atoms with E-state index in [1.54, 1.807) is 39.5 Å². The van der Waals surface area contributed by atoms with Crippen molar-refractivity contribution in [1.82, 2.24) is 4.98 Å². The van der Waals surface area contributed by atoms with Crippen LogP contribution in [-0.2, 0) is 0 Å². The first-order valence-electron chi connectivity index (χ1n) is 9.77. The predicted octanol–water partition coefficient (Wildman–Crippen LogP) is 5.48. The van der Waals surface area contributed by atoms with E-state index >= 15 is 0 Å². The fourth-order valence-corrected chi connectivity index (χ4v) is 4.31. The van der Waals surface area contributed by atoms with Crippen molar-refractivity contribution in [2.75, 3.05) is 21.3 Å². The lowest BCUT2D eigenvalue weighted by atomic mass is 9.97. The van der Waals surface area contributed by atoms with Gasteiger partial charge in [0.05, 0.1) is 33.1 Å². The average molecular weight is 445 g/mol. The standard InChI is InChI=1S/C25H20N2O4S/c1-29-19-8-6-15-4-5-17(10-18(15)11-19)24(28)20(13-26)25-27-21(14-32-25)16-7-9-22(30-2)23(12-16)31-3/h4-12,14,20H,1-3H3. The van der Waals surface area contributed by atoms with Crippen LogP contribution in [0.1, 0.15) is 21.3 Å². The van der Waals surface area contributed by atoms with E-state index in [9.17, 15) is 10.1 Å². The van der Waals surface area contributed by atoms with Crippen molar-refractivity contribution >= 4 is 27.9 Å². The van der Waals surface area contributed by atoms with Crippen LogP contribution in [0.4, 0.5) is 0 Å². The molecule has 1 aromatic heterocycles. The Kier molecular flexibility index (Phi) is 6.06. The second kappa shape index (κ2) is 9.08. The zero-order valence-electron chi connectivity index (χ0n) is 17.8. The number of rotatable bonds is 7. The molecule has 0 aliphatic heterocycles. The molecule has 0 saturated heterocycles. The number of Topliss-reactive ketones (excluding diaryl/α,β-unsaturated/α-hetero) is 1. The van der Waals surface area contributed by atoms with E-state index in [4.69, 9.17) is 14.2 Å². The van der Waals surface area contributed by atoms with Crippen molar-refractivity contribution in [3.05, 3.63) is 70.5 Å². The summed E-state index contributed by atoms with van der Waals surface area (Å²) in [5.74, 6) is 0.629. The summed E-state index contributed by atoms with van der Waals surface area (Å²) >= 11 is 1.29. The van der Waals surface area contributed by atoms with E-state index in [-0.39, 0.29) is 5.78 Å². The lowest BCUT2D eigenvalue weighted by Crippen LogP contribution is -2.11. The first-order valence-corrected chi connectivity index (χ1v) is 10.7. The smallest absolute Gasteiger partial charge is 0.186 e. The number of methoxy groups -OCH3 is 3. The number of carbonyl (C=O) groups is 1. The Hall–Kier alpha value is -3.89. The molecule has 0 fully saturated rings. The van der Waals surface area contributed by atoms with Gasteiger partial charge in [-0.1, -0.05) is 18.2 Å². The van der Waals surface area contributed by atoms with Crippen LogP contribution in [0, 0.1) is 11.3 Å². The van der Waals surface area contributed by atoms with Crippen molar-refractivity contribution in [3.63, 3.8) is 0 Å². The molecule has 6 nitrogen and oxygen atoms in total. The topological polar surface area (TPSA) is 81.4 Å². The van der Waals surface area contributed by atoms with Gasteiger partial charge in [-0.3, -0.25) is 4.79 Å². The Morgan fingerprint density at radius 2 is 1.72 bits per heavy atom. The third-order valence-corrected chi connectivity index (χ3v) is 6.08. The summed E-state index contributed by atoms with van der Waals surface area (Å²) in [6.07, 6.45) is 0. The van der Waals surface area contributed by atoms with Crippen molar-refractivity contribution in [2.45, 2.75) is 5.92 Å². The molecule has 4 aromatic rings. The van der Waals surface area contributed by atoms with Gasteiger partial charge in [-0.05, 0) is 47.2 Å². The van der Waals surface area contributed by atoms with E-state index in [1.807, 2.05) is 41.8 Å². The number of nitriles is 1. The van der Waals surface area contributed by atoms with Crippen LogP contribution in [0.5, 0.6) is 17.2 Å². The summed E-state index contributed by atoms with van der Waals surface area (Å²) in [7, 11) is 4.74. The van der Waals surface area contributed by atoms with Crippen molar-refractivity contribution < 1.29 is 19.0 Å². The van der Waals surface area contributed by atoms with Crippen LogP contribution < -0.4 is 14.2 Å². The number of ether oxygens (including phenoxy) is 3. The number of hydrogen-bond donors (Lipinski definition) is 0. The highest BCUT2D eigenvalue weighted by Gasteiger charge is 2.25.